The second kappa shape index (κ2) is 8.65. The lowest BCUT2D eigenvalue weighted by molar-refractivity contribution is -0.126. The maximum Gasteiger partial charge on any atom is 0.239 e. The number of fused-ring (bicyclic) bond motifs is 1. The molecular weight excluding hydrogens is 324 g/mol. The summed E-state index contributed by atoms with van der Waals surface area (Å²) < 4.78 is 0. The summed E-state index contributed by atoms with van der Waals surface area (Å²) in [5, 5.41) is 5.85. The van der Waals surface area contributed by atoms with Gasteiger partial charge in [0.05, 0.1) is 19.0 Å². The van der Waals surface area contributed by atoms with Crippen molar-refractivity contribution in [1.82, 2.24) is 10.6 Å². The third-order valence-corrected chi connectivity index (χ3v) is 5.03. The van der Waals surface area contributed by atoms with E-state index in [9.17, 15) is 9.59 Å². The normalized spacial score (nSPS) is 19.1. The number of carbonyl (C=O) groups excluding carboxylic acids is 2. The van der Waals surface area contributed by atoms with Crippen LogP contribution in [0.3, 0.4) is 0 Å². The maximum atomic E-state index is 12.4. The predicted octanol–water partition coefficient (Wildman–Crippen LogP) is 3.18. The minimum absolute atomic E-state index is 0.00669. The van der Waals surface area contributed by atoms with E-state index in [0.29, 0.717) is 5.92 Å². The first-order valence-corrected chi connectivity index (χ1v) is 9.31. The van der Waals surface area contributed by atoms with Crippen molar-refractivity contribution < 1.29 is 9.59 Å². The fourth-order valence-corrected chi connectivity index (χ4v) is 3.62. The molecule has 2 aromatic carbocycles. The molecule has 0 heterocycles. The van der Waals surface area contributed by atoms with Crippen LogP contribution in [-0.2, 0) is 22.4 Å². The molecule has 1 aliphatic carbocycles. The van der Waals surface area contributed by atoms with E-state index in [1.54, 1.807) is 0 Å². The number of hydrogen-bond donors (Lipinski definition) is 2. The molecule has 2 aromatic rings. The average molecular weight is 350 g/mol. The molecule has 0 saturated heterocycles. The molecule has 0 spiro atoms. The van der Waals surface area contributed by atoms with Gasteiger partial charge in [-0.2, -0.15) is 0 Å². The van der Waals surface area contributed by atoms with Crippen molar-refractivity contribution in [3.05, 3.63) is 71.3 Å². The largest absolute Gasteiger partial charge is 0.347 e. The number of benzene rings is 2. The van der Waals surface area contributed by atoms with Gasteiger partial charge in [-0.15, -0.1) is 0 Å². The summed E-state index contributed by atoms with van der Waals surface area (Å²) in [6.45, 7) is 2.19. The van der Waals surface area contributed by atoms with Crippen LogP contribution in [0.4, 0.5) is 0 Å². The highest BCUT2D eigenvalue weighted by molar-refractivity contribution is 5.85. The summed E-state index contributed by atoms with van der Waals surface area (Å²) in [7, 11) is 0. The predicted molar refractivity (Wildman–Crippen MR) is 103 cm³/mol. The molecule has 1 aliphatic rings. The molecule has 26 heavy (non-hydrogen) atoms. The smallest absolute Gasteiger partial charge is 0.239 e. The summed E-state index contributed by atoms with van der Waals surface area (Å²) in [6, 6.07) is 17.9. The number of aryl methyl sites for hydroxylation is 1. The van der Waals surface area contributed by atoms with Gasteiger partial charge in [-0.05, 0) is 41.9 Å². The molecule has 0 aliphatic heterocycles. The van der Waals surface area contributed by atoms with Crippen molar-refractivity contribution in [1.29, 1.82) is 0 Å². The summed E-state index contributed by atoms with van der Waals surface area (Å²) in [6.07, 6.45) is 3.57. The molecule has 0 saturated carbocycles. The average Bonchev–Trinajstić information content (AvgIpc) is 2.80. The standard InChI is InChI=1S/C22H26N2O2/c1-16-8-7-12-18-11-5-6-13-19(18)22(16)24-21(26)15-23-20(25)14-17-9-3-2-4-10-17/h2-6,9-11,13,16,22H,7-8,12,14-15H2,1H3,(H,23,25)(H,24,26)/t16-,22-/m0/s1. The van der Waals surface area contributed by atoms with E-state index in [2.05, 4.69) is 35.8 Å². The van der Waals surface area contributed by atoms with E-state index in [1.165, 1.54) is 11.1 Å². The lowest BCUT2D eigenvalue weighted by atomic mass is 9.92. The Balaban J connectivity index is 1.56. The van der Waals surface area contributed by atoms with Crippen molar-refractivity contribution >= 4 is 11.8 Å². The Kier molecular flexibility index (Phi) is 6.05. The van der Waals surface area contributed by atoms with Gasteiger partial charge in [-0.3, -0.25) is 9.59 Å². The fraction of sp³-hybridized carbons (Fsp3) is 0.364. The molecule has 4 nitrogen and oxygen atoms in total. The van der Waals surface area contributed by atoms with Crippen LogP contribution >= 0.6 is 0 Å². The van der Waals surface area contributed by atoms with Gasteiger partial charge in [-0.1, -0.05) is 61.5 Å². The molecule has 136 valence electrons. The molecule has 2 N–H and O–H groups in total. The van der Waals surface area contributed by atoms with Crippen molar-refractivity contribution in [3.8, 4) is 0 Å². The molecule has 4 heteroatoms. The maximum absolute atomic E-state index is 12.4. The SMILES string of the molecule is C[C@H]1CCCc2ccccc2[C@H]1NC(=O)CNC(=O)Cc1ccccc1. The first-order valence-electron chi connectivity index (χ1n) is 9.31. The van der Waals surface area contributed by atoms with Crippen molar-refractivity contribution in [2.45, 2.75) is 38.6 Å². The second-order valence-corrected chi connectivity index (χ2v) is 7.05. The molecular formula is C22H26N2O2. The lowest BCUT2D eigenvalue weighted by Crippen LogP contribution is -2.40. The summed E-state index contributed by atoms with van der Waals surface area (Å²) in [4.78, 5) is 24.4. The van der Waals surface area contributed by atoms with Gasteiger partial charge in [-0.25, -0.2) is 0 Å². The number of rotatable bonds is 5. The van der Waals surface area contributed by atoms with Crippen LogP contribution in [0.5, 0.6) is 0 Å². The first-order chi connectivity index (χ1) is 12.6. The zero-order valence-electron chi connectivity index (χ0n) is 15.2. The van der Waals surface area contributed by atoms with E-state index in [0.717, 1.165) is 24.8 Å². The molecule has 0 unspecified atom stereocenters. The number of nitrogens with one attached hydrogen (secondary N) is 2. The Bertz CT molecular complexity index is 758. The van der Waals surface area contributed by atoms with Crippen LogP contribution < -0.4 is 10.6 Å². The van der Waals surface area contributed by atoms with Crippen LogP contribution in [0.25, 0.3) is 0 Å². The number of hydrogen-bond acceptors (Lipinski definition) is 2. The van der Waals surface area contributed by atoms with E-state index in [1.807, 2.05) is 36.4 Å². The Hall–Kier alpha value is -2.62. The van der Waals surface area contributed by atoms with Gasteiger partial charge < -0.3 is 10.6 Å². The van der Waals surface area contributed by atoms with Crippen LogP contribution in [0.1, 0.15) is 42.5 Å². The number of carbonyl (C=O) groups is 2. The van der Waals surface area contributed by atoms with E-state index in [4.69, 9.17) is 0 Å². The van der Waals surface area contributed by atoms with Crippen molar-refractivity contribution in [2.75, 3.05) is 6.54 Å². The number of amides is 2. The van der Waals surface area contributed by atoms with Crippen LogP contribution in [-0.4, -0.2) is 18.4 Å². The van der Waals surface area contributed by atoms with Gasteiger partial charge in [0.2, 0.25) is 11.8 Å². The zero-order chi connectivity index (χ0) is 18.4. The molecule has 0 radical (unpaired) electrons. The minimum Gasteiger partial charge on any atom is -0.347 e. The van der Waals surface area contributed by atoms with E-state index >= 15 is 0 Å². The monoisotopic (exact) mass is 350 g/mol. The third-order valence-electron chi connectivity index (χ3n) is 5.03. The topological polar surface area (TPSA) is 58.2 Å². The van der Waals surface area contributed by atoms with Crippen molar-refractivity contribution in [2.24, 2.45) is 5.92 Å². The van der Waals surface area contributed by atoms with Gasteiger partial charge in [0, 0.05) is 0 Å². The summed E-state index contributed by atoms with van der Waals surface area (Å²) >= 11 is 0. The van der Waals surface area contributed by atoms with Crippen molar-refractivity contribution in [3.63, 3.8) is 0 Å². The Morgan fingerprint density at radius 3 is 2.54 bits per heavy atom. The highest BCUT2D eigenvalue weighted by atomic mass is 16.2. The highest BCUT2D eigenvalue weighted by Crippen LogP contribution is 2.32. The third kappa shape index (κ3) is 4.72. The highest BCUT2D eigenvalue weighted by Gasteiger charge is 2.26. The van der Waals surface area contributed by atoms with Gasteiger partial charge >= 0.3 is 0 Å². The fourth-order valence-electron chi connectivity index (χ4n) is 3.62. The van der Waals surface area contributed by atoms with Crippen LogP contribution in [0.15, 0.2) is 54.6 Å². The zero-order valence-corrected chi connectivity index (χ0v) is 15.2. The molecule has 3 rings (SSSR count). The van der Waals surface area contributed by atoms with Gasteiger partial charge in [0.1, 0.15) is 0 Å². The van der Waals surface area contributed by atoms with E-state index < -0.39 is 0 Å². The van der Waals surface area contributed by atoms with Crippen LogP contribution in [0, 0.1) is 5.92 Å². The quantitative estimate of drug-likeness (QED) is 0.814. The summed E-state index contributed by atoms with van der Waals surface area (Å²) in [5.41, 5.74) is 3.47. The Morgan fingerprint density at radius 2 is 1.73 bits per heavy atom. The Morgan fingerprint density at radius 1 is 1.00 bits per heavy atom. The molecule has 2 amide bonds. The van der Waals surface area contributed by atoms with Crippen LogP contribution in [0.2, 0.25) is 0 Å². The molecule has 2 atom stereocenters. The molecule has 0 aromatic heterocycles. The van der Waals surface area contributed by atoms with Gasteiger partial charge in [0.15, 0.2) is 0 Å². The molecule has 0 bridgehead atoms. The molecule has 0 fully saturated rings. The van der Waals surface area contributed by atoms with E-state index in [-0.39, 0.29) is 30.8 Å². The lowest BCUT2D eigenvalue weighted by Gasteiger charge is -2.25. The minimum atomic E-state index is -0.139. The second-order valence-electron chi connectivity index (χ2n) is 7.05. The summed E-state index contributed by atoms with van der Waals surface area (Å²) in [5.74, 6) is 0.100. The Labute approximate surface area is 155 Å². The van der Waals surface area contributed by atoms with Gasteiger partial charge in [0.25, 0.3) is 0 Å². The first kappa shape index (κ1) is 18.2.